The molecule has 0 fully saturated rings. The van der Waals surface area contributed by atoms with Gasteiger partial charge in [-0.2, -0.15) is 9.78 Å². The molecule has 0 spiro atoms. The third-order valence-corrected chi connectivity index (χ3v) is 2.52. The predicted molar refractivity (Wildman–Crippen MR) is 64.2 cm³/mol. The van der Waals surface area contributed by atoms with Crippen LogP contribution in [0.25, 0.3) is 5.69 Å². The zero-order valence-electron chi connectivity index (χ0n) is 10.8. The van der Waals surface area contributed by atoms with Gasteiger partial charge in [0.1, 0.15) is 5.69 Å². The number of methoxy groups -OCH3 is 1. The van der Waals surface area contributed by atoms with Crippen molar-refractivity contribution in [3.8, 4) is 5.69 Å². The van der Waals surface area contributed by atoms with E-state index in [1.165, 1.54) is 0 Å². The molecule has 8 nitrogen and oxygen atoms in total. The normalized spacial score (nSPS) is 11.1. The van der Waals surface area contributed by atoms with Gasteiger partial charge in [-0.1, -0.05) is 0 Å². The first-order valence-corrected chi connectivity index (χ1v) is 5.70. The fourth-order valence-corrected chi connectivity index (χ4v) is 1.67. The van der Waals surface area contributed by atoms with Crippen molar-refractivity contribution in [3.05, 3.63) is 17.7 Å². The molecule has 2 rings (SSSR count). The first-order chi connectivity index (χ1) is 8.72. The van der Waals surface area contributed by atoms with Crippen LogP contribution in [0.3, 0.4) is 0 Å². The molecule has 2 aromatic rings. The van der Waals surface area contributed by atoms with E-state index >= 15 is 0 Å². The second kappa shape index (κ2) is 5.69. The number of nitrogens with one attached hydrogen (secondary N) is 1. The number of hydrogen-bond donors (Lipinski definition) is 1. The third kappa shape index (κ3) is 2.71. The quantitative estimate of drug-likeness (QED) is 0.693. The van der Waals surface area contributed by atoms with Crippen LogP contribution in [0.2, 0.25) is 0 Å². The molecule has 0 saturated carbocycles. The fraction of sp³-hybridized carbons (Fsp3) is 0.600. The lowest BCUT2D eigenvalue weighted by Gasteiger charge is -2.04. The second-order valence-corrected chi connectivity index (χ2v) is 3.95. The van der Waals surface area contributed by atoms with Crippen LogP contribution in [0.5, 0.6) is 0 Å². The average molecular weight is 251 g/mol. The molecule has 98 valence electrons. The van der Waals surface area contributed by atoms with Crippen molar-refractivity contribution in [1.82, 2.24) is 35.3 Å². The molecule has 0 aliphatic rings. The van der Waals surface area contributed by atoms with E-state index in [4.69, 9.17) is 4.74 Å². The number of rotatable bonds is 6. The van der Waals surface area contributed by atoms with Crippen LogP contribution in [0.4, 0.5) is 0 Å². The van der Waals surface area contributed by atoms with Crippen molar-refractivity contribution in [2.24, 2.45) is 7.05 Å². The largest absolute Gasteiger partial charge is 0.383 e. The molecule has 18 heavy (non-hydrogen) atoms. The number of aryl methyl sites for hydroxylation is 2. The molecule has 8 heteroatoms. The Morgan fingerprint density at radius 2 is 2.28 bits per heavy atom. The molecule has 0 bridgehead atoms. The Kier molecular flexibility index (Phi) is 4.00. The molecule has 0 aromatic carbocycles. The van der Waals surface area contributed by atoms with E-state index in [-0.39, 0.29) is 0 Å². The summed E-state index contributed by atoms with van der Waals surface area (Å²) in [6, 6.07) is 0. The Morgan fingerprint density at radius 3 is 2.94 bits per heavy atom. The minimum atomic E-state index is 0.588. The molecule has 2 heterocycles. The molecule has 0 unspecified atom stereocenters. The van der Waals surface area contributed by atoms with Gasteiger partial charge in [0.2, 0.25) is 0 Å². The van der Waals surface area contributed by atoms with E-state index in [0.717, 1.165) is 23.8 Å². The number of hydrogen-bond acceptors (Lipinski definition) is 6. The smallest absolute Gasteiger partial charge is 0.170 e. The summed E-state index contributed by atoms with van der Waals surface area (Å²) >= 11 is 0. The van der Waals surface area contributed by atoms with Crippen molar-refractivity contribution in [2.75, 3.05) is 20.3 Å². The number of nitrogens with zero attached hydrogens (tertiary/aromatic N) is 6. The molecule has 0 radical (unpaired) electrons. The van der Waals surface area contributed by atoms with Gasteiger partial charge < -0.3 is 10.1 Å². The highest BCUT2D eigenvalue weighted by Gasteiger charge is 2.12. The molecule has 0 amide bonds. The van der Waals surface area contributed by atoms with Crippen LogP contribution in [-0.2, 0) is 18.3 Å². The SMILES string of the molecule is COCCNCc1nnnn1-c1cn(C)nc1C. The van der Waals surface area contributed by atoms with Crippen molar-refractivity contribution >= 4 is 0 Å². The molecular formula is C10H17N7O. The molecule has 0 saturated heterocycles. The van der Waals surface area contributed by atoms with Crippen LogP contribution >= 0.6 is 0 Å². The summed E-state index contributed by atoms with van der Waals surface area (Å²) in [5.74, 6) is 0.752. The van der Waals surface area contributed by atoms with E-state index in [9.17, 15) is 0 Å². The maximum absolute atomic E-state index is 4.96. The summed E-state index contributed by atoms with van der Waals surface area (Å²) in [4.78, 5) is 0. The topological polar surface area (TPSA) is 82.7 Å². The van der Waals surface area contributed by atoms with Crippen molar-refractivity contribution in [3.63, 3.8) is 0 Å². The summed E-state index contributed by atoms with van der Waals surface area (Å²) in [5, 5.41) is 19.2. The number of aromatic nitrogens is 6. The van der Waals surface area contributed by atoms with Gasteiger partial charge in [-0.05, 0) is 17.4 Å². The summed E-state index contributed by atoms with van der Waals surface area (Å²) in [6.07, 6.45) is 1.89. The summed E-state index contributed by atoms with van der Waals surface area (Å²) in [7, 11) is 3.54. The first kappa shape index (κ1) is 12.7. The Labute approximate surface area is 105 Å². The predicted octanol–water partition coefficient (Wildman–Crippen LogP) is -0.560. The highest BCUT2D eigenvalue weighted by atomic mass is 16.5. The number of ether oxygens (including phenoxy) is 1. The zero-order valence-corrected chi connectivity index (χ0v) is 10.8. The van der Waals surface area contributed by atoms with Gasteiger partial charge in [0.15, 0.2) is 5.82 Å². The van der Waals surface area contributed by atoms with Crippen molar-refractivity contribution in [1.29, 1.82) is 0 Å². The van der Waals surface area contributed by atoms with Gasteiger partial charge >= 0.3 is 0 Å². The van der Waals surface area contributed by atoms with E-state index in [1.54, 1.807) is 16.5 Å². The Hall–Kier alpha value is -1.80. The lowest BCUT2D eigenvalue weighted by atomic mass is 10.4. The Morgan fingerprint density at radius 1 is 1.44 bits per heavy atom. The molecular weight excluding hydrogens is 234 g/mol. The molecule has 0 aliphatic heterocycles. The maximum Gasteiger partial charge on any atom is 0.170 e. The Balaban J connectivity index is 2.10. The zero-order chi connectivity index (χ0) is 13.0. The highest BCUT2D eigenvalue weighted by molar-refractivity contribution is 5.32. The molecule has 1 N–H and O–H groups in total. The molecule has 0 aliphatic carbocycles. The van der Waals surface area contributed by atoms with Crippen LogP contribution in [0.1, 0.15) is 11.5 Å². The van der Waals surface area contributed by atoms with Gasteiger partial charge in [-0.3, -0.25) is 4.68 Å². The van der Waals surface area contributed by atoms with E-state index in [1.807, 2.05) is 20.2 Å². The fourth-order valence-electron chi connectivity index (χ4n) is 1.67. The van der Waals surface area contributed by atoms with E-state index in [2.05, 4.69) is 25.9 Å². The van der Waals surface area contributed by atoms with E-state index in [0.29, 0.717) is 13.2 Å². The van der Waals surface area contributed by atoms with Gasteiger partial charge in [0, 0.05) is 20.7 Å². The second-order valence-electron chi connectivity index (χ2n) is 3.95. The minimum Gasteiger partial charge on any atom is -0.383 e. The Bertz CT molecular complexity index is 504. The van der Waals surface area contributed by atoms with Crippen LogP contribution in [-0.4, -0.2) is 50.2 Å². The van der Waals surface area contributed by atoms with Gasteiger partial charge in [-0.25, -0.2) is 0 Å². The lowest BCUT2D eigenvalue weighted by molar-refractivity contribution is 0.199. The van der Waals surface area contributed by atoms with Gasteiger partial charge in [0.25, 0.3) is 0 Å². The average Bonchev–Trinajstić information content (AvgIpc) is 2.91. The van der Waals surface area contributed by atoms with Gasteiger partial charge in [0.05, 0.1) is 25.0 Å². The first-order valence-electron chi connectivity index (χ1n) is 5.70. The van der Waals surface area contributed by atoms with Crippen LogP contribution < -0.4 is 5.32 Å². The monoisotopic (exact) mass is 251 g/mol. The molecule has 0 atom stereocenters. The highest BCUT2D eigenvalue weighted by Crippen LogP contribution is 2.11. The number of tetrazole rings is 1. The molecule has 2 aromatic heterocycles. The van der Waals surface area contributed by atoms with Crippen molar-refractivity contribution in [2.45, 2.75) is 13.5 Å². The van der Waals surface area contributed by atoms with E-state index < -0.39 is 0 Å². The third-order valence-electron chi connectivity index (χ3n) is 2.52. The minimum absolute atomic E-state index is 0.588. The standard InChI is InChI=1S/C10H17N7O/c1-8-9(7-16(2)13-8)17-10(12-14-15-17)6-11-4-5-18-3/h7,11H,4-6H2,1-3H3. The van der Waals surface area contributed by atoms with Gasteiger partial charge in [-0.15, -0.1) is 5.10 Å². The van der Waals surface area contributed by atoms with Crippen molar-refractivity contribution < 1.29 is 4.74 Å². The van der Waals surface area contributed by atoms with Crippen LogP contribution in [0.15, 0.2) is 6.20 Å². The summed E-state index contributed by atoms with van der Waals surface area (Å²) in [5.41, 5.74) is 1.79. The summed E-state index contributed by atoms with van der Waals surface area (Å²) in [6.45, 7) is 3.94. The maximum atomic E-state index is 4.96. The lowest BCUT2D eigenvalue weighted by Crippen LogP contribution is -2.21. The summed E-state index contributed by atoms with van der Waals surface area (Å²) < 4.78 is 8.41. The van der Waals surface area contributed by atoms with Crippen LogP contribution in [0, 0.1) is 6.92 Å².